The zero-order valence-corrected chi connectivity index (χ0v) is 18.8. The first-order chi connectivity index (χ1) is 15.1. The monoisotopic (exact) mass is 437 g/mol. The molecule has 0 unspecified atom stereocenters. The largest absolute Gasteiger partial charge is 0.462 e. The van der Waals surface area contributed by atoms with Gasteiger partial charge in [-0.1, -0.05) is 31.5 Å². The number of unbranched alkanes of at least 4 members (excludes halogenated alkanes) is 1. The van der Waals surface area contributed by atoms with Gasteiger partial charge in [-0.15, -0.1) is 11.3 Å². The van der Waals surface area contributed by atoms with Crippen LogP contribution in [0.3, 0.4) is 0 Å². The van der Waals surface area contributed by atoms with Crippen molar-refractivity contribution in [1.29, 1.82) is 0 Å². The summed E-state index contributed by atoms with van der Waals surface area (Å²) in [6, 6.07) is 9.43. The number of esters is 1. The van der Waals surface area contributed by atoms with Crippen LogP contribution in [0.25, 0.3) is 5.69 Å². The Morgan fingerprint density at radius 3 is 2.81 bits per heavy atom. The van der Waals surface area contributed by atoms with E-state index in [0.717, 1.165) is 55.5 Å². The van der Waals surface area contributed by atoms with Crippen molar-refractivity contribution in [3.05, 3.63) is 67.9 Å². The second-order valence-electron chi connectivity index (χ2n) is 7.77. The molecule has 0 fully saturated rings. The SMILES string of the molecule is CCCCOC(=O)c1c(N=Cc2c(C)[nH]n(-c3ccccc3)c2=O)sc2c1CCCC2. The number of ether oxygens (including phenoxy) is 1. The number of aryl methyl sites for hydroxylation is 2. The van der Waals surface area contributed by atoms with Gasteiger partial charge in [-0.3, -0.25) is 9.89 Å². The number of para-hydroxylation sites is 1. The van der Waals surface area contributed by atoms with Crippen molar-refractivity contribution >= 4 is 28.5 Å². The molecule has 3 aromatic rings. The number of nitrogens with zero attached hydrogens (tertiary/aromatic N) is 2. The lowest BCUT2D eigenvalue weighted by atomic mass is 9.95. The Kier molecular flexibility index (Phi) is 6.51. The highest BCUT2D eigenvalue weighted by atomic mass is 32.1. The Labute approximate surface area is 185 Å². The molecule has 2 aromatic heterocycles. The molecule has 6 nitrogen and oxygen atoms in total. The number of thiophene rings is 1. The molecule has 1 N–H and O–H groups in total. The molecular weight excluding hydrogens is 410 g/mol. The molecule has 0 aliphatic heterocycles. The lowest BCUT2D eigenvalue weighted by Crippen LogP contribution is -2.17. The zero-order valence-electron chi connectivity index (χ0n) is 17.9. The molecular formula is C24H27N3O3S. The van der Waals surface area contributed by atoms with Crippen molar-refractivity contribution in [3.63, 3.8) is 0 Å². The molecule has 0 saturated carbocycles. The van der Waals surface area contributed by atoms with Crippen molar-refractivity contribution in [3.8, 4) is 5.69 Å². The molecule has 2 heterocycles. The van der Waals surface area contributed by atoms with Crippen molar-refractivity contribution < 1.29 is 9.53 Å². The number of hydrogen-bond acceptors (Lipinski definition) is 5. The third-order valence-electron chi connectivity index (χ3n) is 5.53. The molecule has 7 heteroatoms. The number of rotatable bonds is 7. The third-order valence-corrected chi connectivity index (χ3v) is 6.73. The average Bonchev–Trinajstić information content (AvgIpc) is 3.29. The van der Waals surface area contributed by atoms with Gasteiger partial charge >= 0.3 is 5.97 Å². The van der Waals surface area contributed by atoms with Crippen molar-refractivity contribution in [2.75, 3.05) is 6.61 Å². The smallest absolute Gasteiger partial charge is 0.341 e. The molecule has 0 saturated heterocycles. The van der Waals surface area contributed by atoms with Crippen molar-refractivity contribution in [1.82, 2.24) is 9.78 Å². The third kappa shape index (κ3) is 4.42. The van der Waals surface area contributed by atoms with E-state index >= 15 is 0 Å². The van der Waals surface area contributed by atoms with Crippen LogP contribution in [-0.2, 0) is 17.6 Å². The Morgan fingerprint density at radius 1 is 1.26 bits per heavy atom. The van der Waals surface area contributed by atoms with E-state index in [1.807, 2.05) is 37.3 Å². The topological polar surface area (TPSA) is 76.4 Å². The van der Waals surface area contributed by atoms with Crippen LogP contribution in [0.2, 0.25) is 0 Å². The fraction of sp³-hybridized carbons (Fsp3) is 0.375. The van der Waals surface area contributed by atoms with Crippen LogP contribution < -0.4 is 5.56 Å². The highest BCUT2D eigenvalue weighted by Gasteiger charge is 2.26. The number of nitrogens with one attached hydrogen (secondary N) is 1. The van der Waals surface area contributed by atoms with Gasteiger partial charge < -0.3 is 4.74 Å². The quantitative estimate of drug-likeness (QED) is 0.317. The summed E-state index contributed by atoms with van der Waals surface area (Å²) in [5, 5.41) is 3.75. The van der Waals surface area contributed by atoms with Gasteiger partial charge in [0, 0.05) is 16.8 Å². The van der Waals surface area contributed by atoms with Gasteiger partial charge in [0.05, 0.1) is 23.4 Å². The minimum absolute atomic E-state index is 0.166. The minimum atomic E-state index is -0.299. The number of aromatic nitrogens is 2. The van der Waals surface area contributed by atoms with Crippen molar-refractivity contribution in [2.45, 2.75) is 52.4 Å². The summed E-state index contributed by atoms with van der Waals surface area (Å²) >= 11 is 1.55. The Balaban J connectivity index is 1.68. The summed E-state index contributed by atoms with van der Waals surface area (Å²) in [5.41, 5.74) is 3.48. The van der Waals surface area contributed by atoms with Crippen LogP contribution in [0.5, 0.6) is 0 Å². The van der Waals surface area contributed by atoms with Gasteiger partial charge in [0.1, 0.15) is 5.00 Å². The van der Waals surface area contributed by atoms with Gasteiger partial charge in [0.2, 0.25) is 0 Å². The number of benzene rings is 1. The molecule has 31 heavy (non-hydrogen) atoms. The lowest BCUT2D eigenvalue weighted by molar-refractivity contribution is 0.0500. The Hall–Kier alpha value is -2.93. The molecule has 162 valence electrons. The first kappa shape index (κ1) is 21.3. The molecule has 4 rings (SSSR count). The zero-order chi connectivity index (χ0) is 21.8. The number of H-pyrrole nitrogens is 1. The second-order valence-corrected chi connectivity index (χ2v) is 8.85. The normalized spacial score (nSPS) is 13.5. The van der Waals surface area contributed by atoms with Gasteiger partial charge in [-0.05, 0) is 56.7 Å². The second kappa shape index (κ2) is 9.47. The number of fused-ring (bicyclic) bond motifs is 1. The first-order valence-corrected chi connectivity index (χ1v) is 11.6. The number of aromatic amines is 1. The summed E-state index contributed by atoms with van der Waals surface area (Å²) in [6.07, 6.45) is 7.44. The molecule has 1 aromatic carbocycles. The van der Waals surface area contributed by atoms with E-state index < -0.39 is 0 Å². The molecule has 0 amide bonds. The predicted octanol–water partition coefficient (Wildman–Crippen LogP) is 5.12. The molecule has 0 atom stereocenters. The Bertz CT molecular complexity index is 1150. The maximum atomic E-state index is 13.0. The summed E-state index contributed by atoms with van der Waals surface area (Å²) in [4.78, 5) is 31.6. The maximum Gasteiger partial charge on any atom is 0.341 e. The van der Waals surface area contributed by atoms with E-state index in [0.29, 0.717) is 22.7 Å². The van der Waals surface area contributed by atoms with Crippen LogP contribution in [0.15, 0.2) is 40.1 Å². The van der Waals surface area contributed by atoms with E-state index in [-0.39, 0.29) is 11.5 Å². The van der Waals surface area contributed by atoms with Crippen LogP contribution in [0.4, 0.5) is 5.00 Å². The van der Waals surface area contributed by atoms with E-state index in [4.69, 9.17) is 4.74 Å². The number of carbonyl (C=O) groups is 1. The van der Waals surface area contributed by atoms with Gasteiger partial charge in [-0.25, -0.2) is 14.5 Å². The highest BCUT2D eigenvalue weighted by Crippen LogP contribution is 2.40. The Morgan fingerprint density at radius 2 is 2.03 bits per heavy atom. The van der Waals surface area contributed by atoms with Crippen LogP contribution in [0, 0.1) is 6.92 Å². The highest BCUT2D eigenvalue weighted by molar-refractivity contribution is 7.16. The van der Waals surface area contributed by atoms with E-state index in [9.17, 15) is 9.59 Å². The lowest BCUT2D eigenvalue weighted by Gasteiger charge is -2.12. The summed E-state index contributed by atoms with van der Waals surface area (Å²) < 4.78 is 7.03. The average molecular weight is 438 g/mol. The molecule has 0 radical (unpaired) electrons. The van der Waals surface area contributed by atoms with E-state index in [2.05, 4.69) is 17.0 Å². The predicted molar refractivity (Wildman–Crippen MR) is 125 cm³/mol. The number of aliphatic imine (C=N–C) groups is 1. The summed E-state index contributed by atoms with van der Waals surface area (Å²) in [6.45, 7) is 4.33. The number of carbonyl (C=O) groups excluding carboxylic acids is 1. The van der Waals surface area contributed by atoms with Gasteiger partial charge in [-0.2, -0.15) is 0 Å². The van der Waals surface area contributed by atoms with Crippen LogP contribution >= 0.6 is 11.3 Å². The van der Waals surface area contributed by atoms with Crippen molar-refractivity contribution in [2.24, 2.45) is 4.99 Å². The fourth-order valence-electron chi connectivity index (χ4n) is 3.83. The molecule has 1 aliphatic rings. The minimum Gasteiger partial charge on any atom is -0.462 e. The molecule has 0 bridgehead atoms. The summed E-state index contributed by atoms with van der Waals surface area (Å²) in [7, 11) is 0. The fourth-order valence-corrected chi connectivity index (χ4v) is 5.05. The van der Waals surface area contributed by atoms with E-state index in [1.54, 1.807) is 17.6 Å². The number of hydrogen-bond donors (Lipinski definition) is 1. The summed E-state index contributed by atoms with van der Waals surface area (Å²) in [5.74, 6) is -0.299. The standard InChI is InChI=1S/C24H27N3O3S/c1-3-4-14-30-24(29)21-18-12-8-9-13-20(18)31-22(21)25-15-19-16(2)26-27(23(19)28)17-10-6-5-7-11-17/h5-7,10-11,15,26H,3-4,8-9,12-14H2,1-2H3. The van der Waals surface area contributed by atoms with E-state index in [1.165, 1.54) is 9.56 Å². The maximum absolute atomic E-state index is 13.0. The first-order valence-electron chi connectivity index (χ1n) is 10.8. The molecule has 0 spiro atoms. The van der Waals surface area contributed by atoms with Crippen LogP contribution in [-0.4, -0.2) is 28.6 Å². The van der Waals surface area contributed by atoms with Crippen LogP contribution in [0.1, 0.15) is 64.7 Å². The van der Waals surface area contributed by atoms with Gasteiger partial charge in [0.15, 0.2) is 0 Å². The van der Waals surface area contributed by atoms with Gasteiger partial charge in [0.25, 0.3) is 5.56 Å². The molecule has 1 aliphatic carbocycles.